The van der Waals surface area contributed by atoms with Crippen molar-refractivity contribution in [3.05, 3.63) is 0 Å². The molecule has 0 aromatic heterocycles. The highest BCUT2D eigenvalue weighted by Crippen LogP contribution is 2.01. The maximum absolute atomic E-state index is 5.70. The molecule has 1 atom stereocenters. The summed E-state index contributed by atoms with van der Waals surface area (Å²) in [6, 6.07) is 1.22. The van der Waals surface area contributed by atoms with Crippen LogP contribution in [0.5, 0.6) is 0 Å². The minimum absolute atomic E-state index is 0.876. The average molecular weight is 175 g/mol. The molecule has 0 saturated carbocycles. The van der Waals surface area contributed by atoms with E-state index in [1.807, 2.05) is 0 Å². The Bertz CT molecular complexity index is 86.2. The number of rotatable bonds is 6. The maximum Gasteiger partial charge on any atom is 0.254 e. The third kappa shape index (κ3) is 3.89. The molecule has 0 N–H and O–H groups in total. The Balaban J connectivity index is 3.76. The van der Waals surface area contributed by atoms with Crippen molar-refractivity contribution in [3.63, 3.8) is 0 Å². The summed E-state index contributed by atoms with van der Waals surface area (Å²) in [6.45, 7) is 11.9. The lowest BCUT2D eigenvalue weighted by molar-refractivity contribution is 0.281. The molecule has 0 fully saturated rings. The van der Waals surface area contributed by atoms with Crippen molar-refractivity contribution in [3.8, 4) is 0 Å². The van der Waals surface area contributed by atoms with Crippen LogP contribution in [0.3, 0.4) is 0 Å². The van der Waals surface area contributed by atoms with Crippen LogP contribution in [0.15, 0.2) is 0 Å². The van der Waals surface area contributed by atoms with Crippen LogP contribution < -0.4 is 0 Å². The Morgan fingerprint density at radius 2 is 1.64 bits per heavy atom. The lowest BCUT2D eigenvalue weighted by atomic mass is 10.7. The monoisotopic (exact) mass is 175 g/mol. The summed E-state index contributed by atoms with van der Waals surface area (Å²) < 4.78 is 8.18. The molecule has 0 aliphatic rings. The van der Waals surface area contributed by atoms with E-state index in [0.717, 1.165) is 19.7 Å². The second kappa shape index (κ2) is 6.82. The van der Waals surface area contributed by atoms with Gasteiger partial charge in [-0.3, -0.25) is 0 Å². The predicted octanol–water partition coefficient (Wildman–Crippen LogP) is 1.61. The molecule has 0 aliphatic heterocycles. The molecule has 2 nitrogen and oxygen atoms in total. The zero-order chi connectivity index (χ0) is 8.69. The van der Waals surface area contributed by atoms with E-state index in [2.05, 4.69) is 32.3 Å². The van der Waals surface area contributed by atoms with Crippen LogP contribution in [0.25, 0.3) is 0 Å². The van der Waals surface area contributed by atoms with Crippen LogP contribution >= 0.6 is 0 Å². The second-order valence-electron chi connectivity index (χ2n) is 2.54. The van der Waals surface area contributed by atoms with Crippen LogP contribution in [0, 0.1) is 0 Å². The van der Waals surface area contributed by atoms with Crippen LogP contribution in [0.4, 0.5) is 0 Å². The molecule has 11 heavy (non-hydrogen) atoms. The first kappa shape index (κ1) is 11.1. The minimum Gasteiger partial charge on any atom is -0.406 e. The van der Waals surface area contributed by atoms with Gasteiger partial charge in [0.25, 0.3) is 9.20 Å². The van der Waals surface area contributed by atoms with Gasteiger partial charge in [0.15, 0.2) is 0 Å². The SMILES string of the molecule is CCO[SiH](CC)N(CC)CC. The summed E-state index contributed by atoms with van der Waals surface area (Å²) in [5.41, 5.74) is 0. The van der Waals surface area contributed by atoms with Gasteiger partial charge in [0.2, 0.25) is 0 Å². The van der Waals surface area contributed by atoms with Crippen molar-refractivity contribution < 1.29 is 4.43 Å². The minimum atomic E-state index is -0.995. The number of nitrogens with zero attached hydrogens (tertiary/aromatic N) is 1. The topological polar surface area (TPSA) is 12.5 Å². The van der Waals surface area contributed by atoms with Gasteiger partial charge in [-0.1, -0.05) is 20.8 Å². The van der Waals surface area contributed by atoms with E-state index in [1.165, 1.54) is 6.04 Å². The quantitative estimate of drug-likeness (QED) is 0.569. The molecule has 1 unspecified atom stereocenters. The highest BCUT2D eigenvalue weighted by Gasteiger charge is 2.15. The zero-order valence-electron chi connectivity index (χ0n) is 8.26. The van der Waals surface area contributed by atoms with Gasteiger partial charge in [-0.15, -0.1) is 0 Å². The van der Waals surface area contributed by atoms with Gasteiger partial charge in [0.05, 0.1) is 0 Å². The lowest BCUT2D eigenvalue weighted by Gasteiger charge is -2.26. The molecule has 0 aliphatic carbocycles. The summed E-state index contributed by atoms with van der Waals surface area (Å²) in [5.74, 6) is 0. The van der Waals surface area contributed by atoms with Crippen molar-refractivity contribution in [2.45, 2.75) is 33.7 Å². The fourth-order valence-electron chi connectivity index (χ4n) is 1.30. The molecule has 3 heteroatoms. The Kier molecular flexibility index (Phi) is 6.91. The smallest absolute Gasteiger partial charge is 0.254 e. The Morgan fingerprint density at radius 3 is 1.91 bits per heavy atom. The second-order valence-corrected chi connectivity index (χ2v) is 5.33. The van der Waals surface area contributed by atoms with Gasteiger partial charge >= 0.3 is 0 Å². The van der Waals surface area contributed by atoms with Crippen LogP contribution in [-0.4, -0.2) is 33.5 Å². The maximum atomic E-state index is 5.70. The van der Waals surface area contributed by atoms with E-state index in [-0.39, 0.29) is 0 Å². The third-order valence-corrected chi connectivity index (χ3v) is 4.89. The molecule has 0 rings (SSSR count). The van der Waals surface area contributed by atoms with E-state index in [0.29, 0.717) is 0 Å². The molecular weight excluding hydrogens is 154 g/mol. The third-order valence-electron chi connectivity index (χ3n) is 1.93. The first-order valence-electron chi connectivity index (χ1n) is 4.65. The molecule has 0 heterocycles. The summed E-state index contributed by atoms with van der Waals surface area (Å²) in [5, 5.41) is 0. The Labute approximate surface area is 72.3 Å². The van der Waals surface area contributed by atoms with Crippen LogP contribution in [0.1, 0.15) is 27.7 Å². The van der Waals surface area contributed by atoms with E-state index in [1.54, 1.807) is 0 Å². The molecule has 0 aromatic carbocycles. The van der Waals surface area contributed by atoms with Gasteiger partial charge in [-0.05, 0) is 26.1 Å². The summed E-state index contributed by atoms with van der Waals surface area (Å²) >= 11 is 0. The van der Waals surface area contributed by atoms with Gasteiger partial charge in [-0.25, -0.2) is 0 Å². The highest BCUT2D eigenvalue weighted by atomic mass is 28.3. The molecule has 0 radical (unpaired) electrons. The van der Waals surface area contributed by atoms with Gasteiger partial charge in [0, 0.05) is 6.61 Å². The first-order chi connectivity index (χ1) is 5.29. The largest absolute Gasteiger partial charge is 0.406 e. The van der Waals surface area contributed by atoms with E-state index < -0.39 is 9.20 Å². The number of hydrogen-bond acceptors (Lipinski definition) is 2. The van der Waals surface area contributed by atoms with E-state index in [9.17, 15) is 0 Å². The van der Waals surface area contributed by atoms with Gasteiger partial charge in [-0.2, -0.15) is 0 Å². The fourth-order valence-corrected chi connectivity index (χ4v) is 3.47. The highest BCUT2D eigenvalue weighted by molar-refractivity contribution is 6.48. The van der Waals surface area contributed by atoms with Crippen molar-refractivity contribution in [1.29, 1.82) is 0 Å². The molecule has 0 saturated heterocycles. The average Bonchev–Trinajstić information content (AvgIpc) is 2.05. The molecule has 0 spiro atoms. The number of hydrogen-bond donors (Lipinski definition) is 0. The summed E-state index contributed by atoms with van der Waals surface area (Å²) in [6.07, 6.45) is 0. The Hall–Kier alpha value is 0.137. The van der Waals surface area contributed by atoms with Crippen LogP contribution in [-0.2, 0) is 4.43 Å². The van der Waals surface area contributed by atoms with E-state index in [4.69, 9.17) is 4.43 Å². The normalized spacial score (nSPS) is 13.9. The molecule has 68 valence electrons. The fraction of sp³-hybridized carbons (Fsp3) is 1.00. The molecular formula is C8H21NOSi. The summed E-state index contributed by atoms with van der Waals surface area (Å²) in [4.78, 5) is 0. The Morgan fingerprint density at radius 1 is 1.09 bits per heavy atom. The molecule has 0 bridgehead atoms. The summed E-state index contributed by atoms with van der Waals surface area (Å²) in [7, 11) is -0.995. The van der Waals surface area contributed by atoms with Crippen LogP contribution in [0.2, 0.25) is 6.04 Å². The van der Waals surface area contributed by atoms with Gasteiger partial charge < -0.3 is 8.99 Å². The first-order valence-corrected chi connectivity index (χ1v) is 6.46. The molecule has 0 aromatic rings. The standard InChI is InChI=1S/C8H21NOSi/c1-5-9(6-2)11(8-4)10-7-3/h11H,5-8H2,1-4H3. The predicted molar refractivity (Wildman–Crippen MR) is 52.2 cm³/mol. The van der Waals surface area contributed by atoms with Crippen molar-refractivity contribution in [2.24, 2.45) is 0 Å². The van der Waals surface area contributed by atoms with Crippen molar-refractivity contribution >= 4 is 9.20 Å². The van der Waals surface area contributed by atoms with E-state index >= 15 is 0 Å². The lowest BCUT2D eigenvalue weighted by Crippen LogP contribution is -2.41. The molecule has 0 amide bonds. The van der Waals surface area contributed by atoms with Crippen molar-refractivity contribution in [2.75, 3.05) is 19.7 Å². The van der Waals surface area contributed by atoms with Crippen molar-refractivity contribution in [1.82, 2.24) is 4.57 Å². The van der Waals surface area contributed by atoms with Gasteiger partial charge in [0.1, 0.15) is 0 Å². The zero-order valence-corrected chi connectivity index (χ0v) is 9.42.